The minimum absolute atomic E-state index is 0.0103. The van der Waals surface area contributed by atoms with Crippen molar-refractivity contribution in [2.24, 2.45) is 0 Å². The average Bonchev–Trinajstić information content (AvgIpc) is 3.29. The van der Waals surface area contributed by atoms with E-state index in [9.17, 15) is 19.5 Å². The maximum Gasteiger partial charge on any atom is 0.352 e. The van der Waals surface area contributed by atoms with Gasteiger partial charge in [0.25, 0.3) is 11.8 Å². The second kappa shape index (κ2) is 8.25. The Morgan fingerprint density at radius 2 is 1.76 bits per heavy atom. The van der Waals surface area contributed by atoms with Crippen LogP contribution in [0.25, 0.3) is 16.9 Å². The number of carboxylic acids is 1. The maximum atomic E-state index is 13.3. The van der Waals surface area contributed by atoms with Crippen molar-refractivity contribution in [1.82, 2.24) is 20.0 Å². The Morgan fingerprint density at radius 3 is 2.42 bits per heavy atom. The lowest BCUT2D eigenvalue weighted by Gasteiger charge is -2.49. The normalized spacial score (nSPS) is 19.7. The number of benzene rings is 2. The summed E-state index contributed by atoms with van der Waals surface area (Å²) in [4.78, 5) is 39.0. The molecule has 0 saturated carbocycles. The lowest BCUT2D eigenvalue weighted by Crippen LogP contribution is -2.70. The van der Waals surface area contributed by atoms with Gasteiger partial charge in [0.15, 0.2) is 0 Å². The average molecular weight is 461 g/mol. The van der Waals surface area contributed by atoms with Crippen LogP contribution in [0, 0.1) is 0 Å². The topological polar surface area (TPSA) is 105 Å². The number of aromatic nitrogens is 2. The molecule has 9 heteroatoms. The van der Waals surface area contributed by atoms with E-state index in [-0.39, 0.29) is 5.70 Å². The molecule has 1 fully saturated rings. The van der Waals surface area contributed by atoms with Crippen molar-refractivity contribution in [3.8, 4) is 16.9 Å². The summed E-state index contributed by atoms with van der Waals surface area (Å²) < 4.78 is 1.64. The van der Waals surface area contributed by atoms with E-state index in [0.29, 0.717) is 22.6 Å². The minimum atomic E-state index is -1.13. The summed E-state index contributed by atoms with van der Waals surface area (Å²) in [5, 5.41) is 16.5. The molecule has 3 heterocycles. The molecule has 2 amide bonds. The zero-order chi connectivity index (χ0) is 23.1. The fraction of sp³-hybridized carbons (Fsp3) is 0.167. The molecule has 2 aliphatic heterocycles. The Labute approximate surface area is 193 Å². The van der Waals surface area contributed by atoms with Gasteiger partial charge in [0.05, 0.1) is 11.3 Å². The Kier molecular flexibility index (Phi) is 5.26. The van der Waals surface area contributed by atoms with E-state index >= 15 is 0 Å². The van der Waals surface area contributed by atoms with E-state index in [1.807, 2.05) is 60.7 Å². The molecular weight excluding hydrogens is 440 g/mol. The van der Waals surface area contributed by atoms with E-state index in [2.05, 4.69) is 10.4 Å². The van der Waals surface area contributed by atoms with Crippen LogP contribution < -0.4 is 5.32 Å². The smallest absolute Gasteiger partial charge is 0.352 e. The van der Waals surface area contributed by atoms with Crippen molar-refractivity contribution in [1.29, 1.82) is 0 Å². The molecule has 3 aromatic rings. The van der Waals surface area contributed by atoms with Crippen molar-refractivity contribution >= 4 is 29.5 Å². The van der Waals surface area contributed by atoms with Gasteiger partial charge in [0.1, 0.15) is 22.8 Å². The molecule has 0 aliphatic carbocycles. The largest absolute Gasteiger partial charge is 0.477 e. The summed E-state index contributed by atoms with van der Waals surface area (Å²) in [7, 11) is 0. The quantitative estimate of drug-likeness (QED) is 0.568. The number of hydrogen-bond acceptors (Lipinski definition) is 5. The molecule has 33 heavy (non-hydrogen) atoms. The van der Waals surface area contributed by atoms with E-state index in [1.54, 1.807) is 17.8 Å². The zero-order valence-electron chi connectivity index (χ0n) is 17.6. The first kappa shape index (κ1) is 21.0. The molecule has 8 nitrogen and oxygen atoms in total. The third-order valence-corrected chi connectivity index (χ3v) is 7.10. The molecule has 2 aromatic carbocycles. The predicted molar refractivity (Wildman–Crippen MR) is 124 cm³/mol. The fourth-order valence-electron chi connectivity index (χ4n) is 4.06. The van der Waals surface area contributed by atoms with Crippen LogP contribution >= 0.6 is 11.8 Å². The summed E-state index contributed by atoms with van der Waals surface area (Å²) in [5.74, 6) is -1.50. The van der Waals surface area contributed by atoms with Crippen molar-refractivity contribution in [2.75, 3.05) is 5.75 Å². The Balaban J connectivity index is 1.45. The Bertz CT molecular complexity index is 1290. The van der Waals surface area contributed by atoms with E-state index in [1.165, 1.54) is 16.7 Å². The summed E-state index contributed by atoms with van der Waals surface area (Å²) in [6, 6.07) is 18.0. The summed E-state index contributed by atoms with van der Waals surface area (Å²) in [6.45, 7) is 1.70. The van der Waals surface area contributed by atoms with Crippen molar-refractivity contribution in [3.05, 3.63) is 83.7 Å². The van der Waals surface area contributed by atoms with Gasteiger partial charge in [-0.2, -0.15) is 5.10 Å². The van der Waals surface area contributed by atoms with Crippen LogP contribution in [0.4, 0.5) is 0 Å². The highest BCUT2D eigenvalue weighted by atomic mass is 32.2. The molecule has 5 rings (SSSR count). The molecule has 0 radical (unpaired) electrons. The number of rotatable bonds is 5. The standard InChI is InChI=1S/C24H20N4O4S/c1-14-13-33-23-19(22(30)28(23)20(14)24(31)32)25-21(29)17-12-27(16-10-6-3-7-11-16)26-18(17)15-8-4-2-5-9-15/h2-12,19,23H,13H2,1H3,(H,25,29)(H,31,32)/t19-,23+/m1/s1. The second-order valence-electron chi connectivity index (χ2n) is 7.83. The van der Waals surface area contributed by atoms with E-state index in [4.69, 9.17) is 0 Å². The summed E-state index contributed by atoms with van der Waals surface area (Å²) in [6.07, 6.45) is 1.65. The second-order valence-corrected chi connectivity index (χ2v) is 8.94. The third-order valence-electron chi connectivity index (χ3n) is 5.67. The number of carboxylic acid groups (broad SMARTS) is 1. The number of para-hydroxylation sites is 1. The number of aliphatic carboxylic acids is 1. The van der Waals surface area contributed by atoms with Crippen molar-refractivity contribution in [2.45, 2.75) is 18.3 Å². The van der Waals surface area contributed by atoms with Gasteiger partial charge in [-0.25, -0.2) is 9.48 Å². The van der Waals surface area contributed by atoms with Crippen LogP contribution in [0.2, 0.25) is 0 Å². The van der Waals surface area contributed by atoms with Crippen LogP contribution in [0.5, 0.6) is 0 Å². The molecule has 0 unspecified atom stereocenters. The van der Waals surface area contributed by atoms with Gasteiger partial charge < -0.3 is 10.4 Å². The predicted octanol–water partition coefficient (Wildman–Crippen LogP) is 2.91. The van der Waals surface area contributed by atoms with Gasteiger partial charge in [0, 0.05) is 17.5 Å². The molecule has 0 bridgehead atoms. The highest BCUT2D eigenvalue weighted by Gasteiger charge is 2.53. The zero-order valence-corrected chi connectivity index (χ0v) is 18.5. The van der Waals surface area contributed by atoms with Crippen LogP contribution in [0.3, 0.4) is 0 Å². The number of amides is 2. The molecular formula is C24H20N4O4S. The Morgan fingerprint density at radius 1 is 1.09 bits per heavy atom. The lowest BCUT2D eigenvalue weighted by molar-refractivity contribution is -0.148. The van der Waals surface area contributed by atoms with Gasteiger partial charge in [-0.1, -0.05) is 48.5 Å². The molecule has 1 saturated heterocycles. The van der Waals surface area contributed by atoms with Crippen LogP contribution in [-0.4, -0.2) is 54.7 Å². The number of β-lactam (4-membered cyclic amide) rings is 1. The van der Waals surface area contributed by atoms with E-state index in [0.717, 1.165) is 11.3 Å². The van der Waals surface area contributed by atoms with E-state index < -0.39 is 29.2 Å². The number of thioether (sulfide) groups is 1. The number of nitrogens with one attached hydrogen (secondary N) is 1. The van der Waals surface area contributed by atoms with Gasteiger partial charge in [-0.15, -0.1) is 11.8 Å². The van der Waals surface area contributed by atoms with Crippen LogP contribution in [-0.2, 0) is 9.59 Å². The molecule has 166 valence electrons. The molecule has 2 N–H and O–H groups in total. The number of carbonyl (C=O) groups excluding carboxylic acids is 2. The van der Waals surface area contributed by atoms with Crippen molar-refractivity contribution < 1.29 is 19.5 Å². The fourth-order valence-corrected chi connectivity index (χ4v) is 5.35. The number of carbonyl (C=O) groups is 3. The van der Waals surface area contributed by atoms with Gasteiger partial charge in [-0.3, -0.25) is 14.5 Å². The first-order valence-electron chi connectivity index (χ1n) is 10.3. The lowest BCUT2D eigenvalue weighted by atomic mass is 10.0. The van der Waals surface area contributed by atoms with Crippen LogP contribution in [0.15, 0.2) is 78.1 Å². The highest BCUT2D eigenvalue weighted by molar-refractivity contribution is 8.00. The first-order valence-corrected chi connectivity index (χ1v) is 11.4. The van der Waals surface area contributed by atoms with Gasteiger partial charge in [-0.05, 0) is 24.6 Å². The molecule has 0 spiro atoms. The number of hydrogen-bond donors (Lipinski definition) is 2. The number of nitrogens with zero attached hydrogens (tertiary/aromatic N) is 3. The molecule has 2 atom stereocenters. The monoisotopic (exact) mass is 460 g/mol. The summed E-state index contributed by atoms with van der Waals surface area (Å²) >= 11 is 1.44. The van der Waals surface area contributed by atoms with Crippen LogP contribution in [0.1, 0.15) is 17.3 Å². The molecule has 2 aliphatic rings. The van der Waals surface area contributed by atoms with Gasteiger partial charge >= 0.3 is 5.97 Å². The SMILES string of the molecule is CC1=C(C(=O)O)N2C(=O)[C@@H](NC(=O)c3cn(-c4ccccc4)nc3-c3ccccc3)[C@@H]2SC1. The minimum Gasteiger partial charge on any atom is -0.477 e. The molecule has 1 aromatic heterocycles. The highest BCUT2D eigenvalue weighted by Crippen LogP contribution is 2.40. The number of fused-ring (bicyclic) bond motifs is 1. The van der Waals surface area contributed by atoms with Gasteiger partial charge in [0.2, 0.25) is 0 Å². The van der Waals surface area contributed by atoms with Crippen molar-refractivity contribution in [3.63, 3.8) is 0 Å². The summed E-state index contributed by atoms with van der Waals surface area (Å²) in [5.41, 5.74) is 3.06. The third kappa shape index (κ3) is 3.60. The first-order chi connectivity index (χ1) is 16.0. The maximum absolute atomic E-state index is 13.3. The Hall–Kier alpha value is -3.85.